The van der Waals surface area contributed by atoms with Crippen molar-refractivity contribution in [2.24, 2.45) is 0 Å². The number of sulfonamides is 1. The van der Waals surface area contributed by atoms with E-state index in [1.807, 2.05) is 0 Å². The Morgan fingerprint density at radius 3 is 2.39 bits per heavy atom. The molecule has 3 aromatic rings. The maximum absolute atomic E-state index is 13.7. The third-order valence-electron chi connectivity index (χ3n) is 5.88. The number of rotatable bonds is 6. The van der Waals surface area contributed by atoms with Gasteiger partial charge in [0.1, 0.15) is 12.4 Å². The summed E-state index contributed by atoms with van der Waals surface area (Å²) in [5.74, 6) is -0.651. The fourth-order valence-corrected chi connectivity index (χ4v) is 5.97. The summed E-state index contributed by atoms with van der Waals surface area (Å²) in [6.45, 7) is 1.88. The molecule has 3 aromatic carbocycles. The van der Waals surface area contributed by atoms with Crippen molar-refractivity contribution in [2.45, 2.75) is 30.7 Å². The zero-order valence-corrected chi connectivity index (χ0v) is 19.7. The van der Waals surface area contributed by atoms with Gasteiger partial charge in [0, 0.05) is 11.6 Å². The molecule has 4 rings (SSSR count). The largest absolute Gasteiger partial charge is 0.334 e. The smallest absolute Gasteiger partial charge is 0.265 e. The van der Waals surface area contributed by atoms with Crippen LogP contribution in [0.1, 0.15) is 30.0 Å². The highest BCUT2D eigenvalue weighted by Crippen LogP contribution is 2.33. The first-order valence-electron chi connectivity index (χ1n) is 10.7. The molecule has 1 fully saturated rings. The summed E-state index contributed by atoms with van der Waals surface area (Å²) in [6, 6.07) is 18.9. The average molecular weight is 487 g/mol. The second-order valence-corrected chi connectivity index (χ2v) is 10.3. The van der Waals surface area contributed by atoms with E-state index in [1.165, 1.54) is 18.2 Å². The summed E-state index contributed by atoms with van der Waals surface area (Å²) in [6.07, 6.45) is 1.53. The van der Waals surface area contributed by atoms with Crippen LogP contribution in [0.3, 0.4) is 0 Å². The third-order valence-corrected chi connectivity index (χ3v) is 8.07. The van der Waals surface area contributed by atoms with Crippen LogP contribution in [0, 0.1) is 12.7 Å². The number of carbonyl (C=O) groups excluding carboxylic acids is 1. The SMILES string of the molecule is Cc1ccccc1S(=O)(=O)N(CC(=O)N1CCCC1c1ccc(F)cc1)c1ccc(Cl)cc1. The molecule has 33 heavy (non-hydrogen) atoms. The summed E-state index contributed by atoms with van der Waals surface area (Å²) in [7, 11) is -4.02. The standard InChI is InChI=1S/C25H24ClFN2O3S/c1-18-5-2-3-7-24(18)33(31,32)29(22-14-10-20(26)11-15-22)17-25(30)28-16-4-6-23(28)19-8-12-21(27)13-9-19/h2-3,5,7-15,23H,4,6,16-17H2,1H3. The van der Waals surface area contributed by atoms with E-state index in [-0.39, 0.29) is 29.2 Å². The first-order chi connectivity index (χ1) is 15.8. The number of likely N-dealkylation sites (tertiary alicyclic amines) is 1. The van der Waals surface area contributed by atoms with Crippen LogP contribution >= 0.6 is 11.6 Å². The van der Waals surface area contributed by atoms with Gasteiger partial charge in [-0.3, -0.25) is 9.10 Å². The van der Waals surface area contributed by atoms with E-state index >= 15 is 0 Å². The lowest BCUT2D eigenvalue weighted by molar-refractivity contribution is -0.130. The molecule has 1 unspecified atom stereocenters. The maximum Gasteiger partial charge on any atom is 0.265 e. The molecule has 1 aliphatic heterocycles. The number of nitrogens with zero attached hydrogens (tertiary/aromatic N) is 2. The van der Waals surface area contributed by atoms with Crippen molar-refractivity contribution in [1.29, 1.82) is 0 Å². The quantitative estimate of drug-likeness (QED) is 0.472. The number of anilines is 1. The Kier molecular flexibility index (Phi) is 6.72. The van der Waals surface area contributed by atoms with Crippen molar-refractivity contribution in [1.82, 2.24) is 4.90 Å². The first kappa shape index (κ1) is 23.3. The Labute approximate surface area is 198 Å². The molecule has 8 heteroatoms. The Morgan fingerprint density at radius 1 is 1.06 bits per heavy atom. The van der Waals surface area contributed by atoms with Crippen molar-refractivity contribution in [2.75, 3.05) is 17.4 Å². The number of hydrogen-bond donors (Lipinski definition) is 0. The Bertz CT molecular complexity index is 1250. The Morgan fingerprint density at radius 2 is 1.73 bits per heavy atom. The number of benzene rings is 3. The molecule has 1 saturated heterocycles. The average Bonchev–Trinajstić information content (AvgIpc) is 3.29. The van der Waals surface area contributed by atoms with Gasteiger partial charge in [-0.25, -0.2) is 12.8 Å². The minimum atomic E-state index is -4.02. The topological polar surface area (TPSA) is 57.7 Å². The summed E-state index contributed by atoms with van der Waals surface area (Å²) in [4.78, 5) is 15.3. The molecular weight excluding hydrogens is 463 g/mol. The van der Waals surface area contributed by atoms with Crippen molar-refractivity contribution in [3.8, 4) is 0 Å². The number of hydrogen-bond acceptors (Lipinski definition) is 3. The van der Waals surface area contributed by atoms with Gasteiger partial charge in [0.15, 0.2) is 0 Å². The van der Waals surface area contributed by atoms with Gasteiger partial charge >= 0.3 is 0 Å². The van der Waals surface area contributed by atoms with Gasteiger partial charge in [-0.05, 0) is 73.4 Å². The minimum Gasteiger partial charge on any atom is -0.334 e. The normalized spacial score (nSPS) is 16.1. The van der Waals surface area contributed by atoms with Gasteiger partial charge < -0.3 is 4.90 Å². The van der Waals surface area contributed by atoms with E-state index in [1.54, 1.807) is 66.4 Å². The zero-order chi connectivity index (χ0) is 23.6. The molecule has 1 aliphatic rings. The van der Waals surface area contributed by atoms with Gasteiger partial charge in [0.25, 0.3) is 10.0 Å². The molecule has 0 bridgehead atoms. The van der Waals surface area contributed by atoms with Gasteiger partial charge in [-0.1, -0.05) is 41.9 Å². The van der Waals surface area contributed by atoms with E-state index in [4.69, 9.17) is 11.6 Å². The highest BCUT2D eigenvalue weighted by molar-refractivity contribution is 7.93. The van der Waals surface area contributed by atoms with E-state index in [0.29, 0.717) is 22.8 Å². The lowest BCUT2D eigenvalue weighted by atomic mass is 10.0. The maximum atomic E-state index is 13.7. The molecule has 1 heterocycles. The van der Waals surface area contributed by atoms with Crippen LogP contribution in [0.2, 0.25) is 5.02 Å². The van der Waals surface area contributed by atoms with Crippen molar-refractivity contribution in [3.63, 3.8) is 0 Å². The van der Waals surface area contributed by atoms with Crippen molar-refractivity contribution < 1.29 is 17.6 Å². The van der Waals surface area contributed by atoms with Gasteiger partial charge in [-0.15, -0.1) is 0 Å². The second kappa shape index (κ2) is 9.53. The van der Waals surface area contributed by atoms with E-state index < -0.39 is 10.0 Å². The molecular formula is C25H24ClFN2O3S. The first-order valence-corrected chi connectivity index (χ1v) is 12.5. The van der Waals surface area contributed by atoms with Crippen LogP contribution in [0.25, 0.3) is 0 Å². The predicted molar refractivity (Wildman–Crippen MR) is 127 cm³/mol. The minimum absolute atomic E-state index is 0.143. The number of halogens is 2. The molecule has 5 nitrogen and oxygen atoms in total. The molecule has 1 atom stereocenters. The van der Waals surface area contributed by atoms with Crippen LogP contribution < -0.4 is 4.31 Å². The second-order valence-electron chi connectivity index (χ2n) is 8.05. The lowest BCUT2D eigenvalue weighted by Gasteiger charge is -2.30. The van der Waals surface area contributed by atoms with Crippen LogP contribution in [-0.2, 0) is 14.8 Å². The molecule has 0 spiro atoms. The summed E-state index contributed by atoms with van der Waals surface area (Å²) in [5.41, 5.74) is 1.78. The summed E-state index contributed by atoms with van der Waals surface area (Å²) in [5, 5.41) is 0.467. The highest BCUT2D eigenvalue weighted by atomic mass is 35.5. The van der Waals surface area contributed by atoms with Gasteiger partial charge in [0.2, 0.25) is 5.91 Å². The van der Waals surface area contributed by atoms with Crippen LogP contribution in [0.4, 0.5) is 10.1 Å². The number of aryl methyl sites for hydroxylation is 1. The Balaban J connectivity index is 1.68. The molecule has 1 amide bonds. The molecule has 172 valence electrons. The van der Waals surface area contributed by atoms with Gasteiger partial charge in [-0.2, -0.15) is 0 Å². The predicted octanol–water partition coefficient (Wildman–Crippen LogP) is 5.35. The fraction of sp³-hybridized carbons (Fsp3) is 0.240. The molecule has 0 aromatic heterocycles. The van der Waals surface area contributed by atoms with Crippen LogP contribution in [-0.4, -0.2) is 32.3 Å². The molecule has 0 radical (unpaired) electrons. The zero-order valence-electron chi connectivity index (χ0n) is 18.1. The van der Waals surface area contributed by atoms with E-state index in [2.05, 4.69) is 0 Å². The van der Waals surface area contributed by atoms with Crippen molar-refractivity contribution in [3.05, 3.63) is 94.8 Å². The van der Waals surface area contributed by atoms with Gasteiger partial charge in [0.05, 0.1) is 16.6 Å². The molecule has 0 aliphatic carbocycles. The molecule has 0 saturated carbocycles. The Hall–Kier alpha value is -2.90. The van der Waals surface area contributed by atoms with E-state index in [9.17, 15) is 17.6 Å². The summed E-state index contributed by atoms with van der Waals surface area (Å²) >= 11 is 6.01. The third kappa shape index (κ3) is 4.89. The highest BCUT2D eigenvalue weighted by Gasteiger charge is 2.34. The van der Waals surface area contributed by atoms with Crippen LogP contribution in [0.5, 0.6) is 0 Å². The molecule has 0 N–H and O–H groups in total. The monoisotopic (exact) mass is 486 g/mol. The fourth-order valence-electron chi connectivity index (χ4n) is 4.20. The van der Waals surface area contributed by atoms with Crippen molar-refractivity contribution >= 4 is 33.2 Å². The van der Waals surface area contributed by atoms with E-state index in [0.717, 1.165) is 22.7 Å². The number of amides is 1. The van der Waals surface area contributed by atoms with Crippen LogP contribution in [0.15, 0.2) is 77.7 Å². The summed E-state index contributed by atoms with van der Waals surface area (Å²) < 4.78 is 41.8. The lowest BCUT2D eigenvalue weighted by Crippen LogP contribution is -2.43. The number of carbonyl (C=O) groups is 1.